The minimum absolute atomic E-state index is 0.0838. The van der Waals surface area contributed by atoms with Crippen LogP contribution in [-0.4, -0.2) is 40.4 Å². The Balaban J connectivity index is 1.79. The molecule has 9 nitrogen and oxygen atoms in total. The average molecular weight is 533 g/mol. The Bertz CT molecular complexity index is 1190. The number of imide groups is 1. The van der Waals surface area contributed by atoms with Crippen molar-refractivity contribution in [3.63, 3.8) is 0 Å². The summed E-state index contributed by atoms with van der Waals surface area (Å²) < 4.78 is 0. The topological polar surface area (TPSA) is 134 Å². The van der Waals surface area contributed by atoms with E-state index in [4.69, 9.17) is 23.2 Å². The summed E-state index contributed by atoms with van der Waals surface area (Å²) in [5.74, 6) is -5.24. The van der Waals surface area contributed by atoms with Crippen LogP contribution < -0.4 is 16.0 Å². The van der Waals surface area contributed by atoms with Crippen molar-refractivity contribution in [2.75, 3.05) is 0 Å². The highest BCUT2D eigenvalue weighted by Crippen LogP contribution is 2.24. The minimum Gasteiger partial charge on any atom is -0.346 e. The number of halogens is 2. The van der Waals surface area contributed by atoms with Crippen molar-refractivity contribution < 1.29 is 24.0 Å². The van der Waals surface area contributed by atoms with Crippen molar-refractivity contribution in [2.24, 2.45) is 17.8 Å². The molecule has 1 fully saturated rings. The maximum Gasteiger partial charge on any atom is 0.271 e. The zero-order chi connectivity index (χ0) is 26.6. The van der Waals surface area contributed by atoms with E-state index in [2.05, 4.69) is 20.9 Å². The number of ketones is 1. The molecule has 2 aromatic rings. The van der Waals surface area contributed by atoms with Crippen LogP contribution in [0.25, 0.3) is 0 Å². The molecule has 190 valence electrons. The van der Waals surface area contributed by atoms with Gasteiger partial charge >= 0.3 is 0 Å². The first-order valence-electron chi connectivity index (χ1n) is 11.3. The smallest absolute Gasteiger partial charge is 0.271 e. The number of rotatable bonds is 9. The zero-order valence-corrected chi connectivity index (χ0v) is 21.4. The van der Waals surface area contributed by atoms with Crippen LogP contribution in [0, 0.1) is 17.8 Å². The van der Waals surface area contributed by atoms with E-state index in [0.29, 0.717) is 5.56 Å². The van der Waals surface area contributed by atoms with Gasteiger partial charge in [-0.05, 0) is 23.6 Å². The van der Waals surface area contributed by atoms with Gasteiger partial charge in [-0.15, -0.1) is 0 Å². The molecule has 11 heteroatoms. The Morgan fingerprint density at radius 2 is 1.67 bits per heavy atom. The number of nitrogens with zero attached hydrogens (tertiary/aromatic N) is 1. The van der Waals surface area contributed by atoms with Crippen LogP contribution in [-0.2, 0) is 19.2 Å². The molecule has 1 saturated heterocycles. The summed E-state index contributed by atoms with van der Waals surface area (Å²) in [7, 11) is 0. The van der Waals surface area contributed by atoms with Crippen LogP contribution in [0.1, 0.15) is 49.3 Å². The molecule has 0 aliphatic carbocycles. The maximum atomic E-state index is 13.1. The maximum absolute atomic E-state index is 13.1. The van der Waals surface area contributed by atoms with E-state index in [0.717, 1.165) is 0 Å². The third kappa shape index (κ3) is 6.27. The fourth-order valence-corrected chi connectivity index (χ4v) is 4.32. The van der Waals surface area contributed by atoms with E-state index in [9.17, 15) is 24.0 Å². The van der Waals surface area contributed by atoms with Crippen molar-refractivity contribution in [3.8, 4) is 0 Å². The molecule has 4 atom stereocenters. The first kappa shape index (κ1) is 27.3. The summed E-state index contributed by atoms with van der Waals surface area (Å²) in [6.07, 6.45) is -0.213. The van der Waals surface area contributed by atoms with E-state index >= 15 is 0 Å². The lowest BCUT2D eigenvalue weighted by Gasteiger charge is -2.26. The second-order valence-corrected chi connectivity index (χ2v) is 9.71. The number of carbonyl (C=O) groups excluding carboxylic acids is 5. The fourth-order valence-electron chi connectivity index (χ4n) is 3.99. The van der Waals surface area contributed by atoms with Gasteiger partial charge in [0.25, 0.3) is 5.91 Å². The van der Waals surface area contributed by atoms with Crippen LogP contribution in [0.15, 0.2) is 42.5 Å². The molecule has 1 aromatic carbocycles. The molecule has 0 saturated carbocycles. The van der Waals surface area contributed by atoms with Gasteiger partial charge < -0.3 is 10.6 Å². The number of nitrogens with one attached hydrogen (secondary N) is 3. The van der Waals surface area contributed by atoms with Gasteiger partial charge in [0.1, 0.15) is 16.8 Å². The standard InChI is InChI=1S/C25H26Cl2N4O5/c1-12(2)20(22(33)19-13(3)23(34)31-24(19)35)30-18(32)11-16(14-7-5-4-6-8-14)28-25(36)21-15(26)9-10-17(27)29-21/h4-10,12-13,16,19-20H,11H2,1-3H3,(H,28,36)(H,30,32)(H,31,34,35)/t13-,16-,19+,20+/m0/s1. The van der Waals surface area contributed by atoms with E-state index in [1.807, 2.05) is 0 Å². The van der Waals surface area contributed by atoms with Gasteiger partial charge in [-0.3, -0.25) is 29.3 Å². The lowest BCUT2D eigenvalue weighted by Crippen LogP contribution is -2.49. The fraction of sp³-hybridized carbons (Fsp3) is 0.360. The number of Topliss-reactive ketones (excluding diaryl/α,β-unsaturated/α-hetero) is 1. The summed E-state index contributed by atoms with van der Waals surface area (Å²) in [5.41, 5.74) is 0.549. The summed E-state index contributed by atoms with van der Waals surface area (Å²) in [6, 6.07) is 9.90. The Labute approximate surface area is 218 Å². The lowest BCUT2D eigenvalue weighted by molar-refractivity contribution is -0.137. The lowest BCUT2D eigenvalue weighted by atomic mass is 9.85. The number of benzene rings is 1. The van der Waals surface area contributed by atoms with Crippen LogP contribution in [0.2, 0.25) is 10.2 Å². The zero-order valence-electron chi connectivity index (χ0n) is 19.9. The molecule has 4 amide bonds. The quantitative estimate of drug-likeness (QED) is 0.258. The number of carbonyl (C=O) groups is 5. The largest absolute Gasteiger partial charge is 0.346 e. The molecular weight excluding hydrogens is 507 g/mol. The minimum atomic E-state index is -1.18. The van der Waals surface area contributed by atoms with Gasteiger partial charge in [-0.1, -0.05) is 74.3 Å². The van der Waals surface area contributed by atoms with Crippen LogP contribution in [0.4, 0.5) is 0 Å². The number of amides is 4. The van der Waals surface area contributed by atoms with Gasteiger partial charge in [0, 0.05) is 0 Å². The molecule has 1 aliphatic rings. The monoisotopic (exact) mass is 532 g/mol. The van der Waals surface area contributed by atoms with Gasteiger partial charge in [-0.25, -0.2) is 4.98 Å². The van der Waals surface area contributed by atoms with Crippen LogP contribution >= 0.6 is 23.2 Å². The highest BCUT2D eigenvalue weighted by molar-refractivity contribution is 6.34. The normalized spacial score (nSPS) is 18.9. The molecule has 2 heterocycles. The number of hydrogen-bond acceptors (Lipinski definition) is 6. The highest BCUT2D eigenvalue weighted by Gasteiger charge is 2.46. The van der Waals surface area contributed by atoms with Crippen molar-refractivity contribution in [1.82, 2.24) is 20.9 Å². The van der Waals surface area contributed by atoms with Gasteiger partial charge in [-0.2, -0.15) is 0 Å². The average Bonchev–Trinajstić information content (AvgIpc) is 3.09. The van der Waals surface area contributed by atoms with E-state index in [1.54, 1.807) is 44.2 Å². The molecule has 0 unspecified atom stereocenters. The van der Waals surface area contributed by atoms with E-state index in [1.165, 1.54) is 19.1 Å². The first-order chi connectivity index (χ1) is 17.0. The third-order valence-electron chi connectivity index (χ3n) is 5.96. The van der Waals surface area contributed by atoms with Crippen molar-refractivity contribution in [1.29, 1.82) is 0 Å². The molecule has 3 rings (SSSR count). The third-order valence-corrected chi connectivity index (χ3v) is 6.48. The molecule has 0 radical (unpaired) electrons. The predicted octanol–water partition coefficient (Wildman–Crippen LogP) is 2.87. The Kier molecular flexibility index (Phi) is 8.81. The molecule has 36 heavy (non-hydrogen) atoms. The second-order valence-electron chi connectivity index (χ2n) is 8.92. The number of hydrogen-bond donors (Lipinski definition) is 3. The van der Waals surface area contributed by atoms with Crippen LogP contribution in [0.5, 0.6) is 0 Å². The molecule has 0 spiro atoms. The molecule has 1 aliphatic heterocycles. The highest BCUT2D eigenvalue weighted by atomic mass is 35.5. The second kappa shape index (κ2) is 11.6. The summed E-state index contributed by atoms with van der Waals surface area (Å²) in [4.78, 5) is 67.1. The molecule has 1 aromatic heterocycles. The Hall–Kier alpha value is -3.30. The SMILES string of the molecule is CC(C)[C@@H](NC(=O)C[C@H](NC(=O)c1nc(Cl)ccc1Cl)c1ccccc1)C(=O)[C@@H]1C(=O)NC(=O)[C@H]1C. The van der Waals surface area contributed by atoms with Crippen LogP contribution in [0.3, 0.4) is 0 Å². The Morgan fingerprint density at radius 1 is 1.00 bits per heavy atom. The predicted molar refractivity (Wildman–Crippen MR) is 133 cm³/mol. The van der Waals surface area contributed by atoms with Gasteiger partial charge in [0.2, 0.25) is 17.7 Å². The Morgan fingerprint density at radius 3 is 2.25 bits per heavy atom. The summed E-state index contributed by atoms with van der Waals surface area (Å²) >= 11 is 12.0. The van der Waals surface area contributed by atoms with E-state index < -0.39 is 53.3 Å². The van der Waals surface area contributed by atoms with Gasteiger partial charge in [0.05, 0.1) is 29.4 Å². The van der Waals surface area contributed by atoms with Crippen molar-refractivity contribution >= 4 is 52.6 Å². The van der Waals surface area contributed by atoms with Crippen molar-refractivity contribution in [3.05, 3.63) is 63.9 Å². The van der Waals surface area contributed by atoms with Crippen molar-refractivity contribution in [2.45, 2.75) is 39.3 Å². The number of aromatic nitrogens is 1. The summed E-state index contributed by atoms with van der Waals surface area (Å²) in [6.45, 7) is 4.95. The number of pyridine rings is 1. The molecular formula is C25H26Cl2N4O5. The summed E-state index contributed by atoms with van der Waals surface area (Å²) in [5, 5.41) is 7.78. The molecule has 3 N–H and O–H groups in total. The molecule has 0 bridgehead atoms. The first-order valence-corrected chi connectivity index (χ1v) is 12.1. The van der Waals surface area contributed by atoms with Gasteiger partial charge in [0.15, 0.2) is 5.78 Å². The van der Waals surface area contributed by atoms with E-state index in [-0.39, 0.29) is 28.2 Å².